The average Bonchev–Trinajstić information content (AvgIpc) is 2.90. The highest BCUT2D eigenvalue weighted by Gasteiger charge is 2.06. The Hall–Kier alpha value is -2.41. The lowest BCUT2D eigenvalue weighted by Gasteiger charge is -2.09. The number of nitro benzene ring substituents is 1. The van der Waals surface area contributed by atoms with E-state index in [9.17, 15) is 10.1 Å². The summed E-state index contributed by atoms with van der Waals surface area (Å²) in [7, 11) is 0. The van der Waals surface area contributed by atoms with E-state index in [1.165, 1.54) is 12.1 Å². The number of thiocarbonyl (C=S) groups is 1. The minimum Gasteiger partial charge on any atom is -0.467 e. The lowest BCUT2D eigenvalue weighted by atomic mass is 10.3. The van der Waals surface area contributed by atoms with E-state index < -0.39 is 4.92 Å². The summed E-state index contributed by atoms with van der Waals surface area (Å²) in [6.07, 6.45) is 1.58. The molecule has 2 aromatic rings. The molecule has 0 radical (unpaired) electrons. The molecule has 0 fully saturated rings. The first-order chi connectivity index (χ1) is 9.15. The van der Waals surface area contributed by atoms with E-state index in [4.69, 9.17) is 16.6 Å². The first-order valence-corrected chi connectivity index (χ1v) is 5.87. The molecule has 0 saturated carbocycles. The van der Waals surface area contributed by atoms with Gasteiger partial charge in [0, 0.05) is 17.8 Å². The van der Waals surface area contributed by atoms with Crippen LogP contribution >= 0.6 is 12.2 Å². The maximum absolute atomic E-state index is 10.6. The van der Waals surface area contributed by atoms with Gasteiger partial charge >= 0.3 is 0 Å². The molecule has 19 heavy (non-hydrogen) atoms. The molecule has 1 heterocycles. The molecule has 0 atom stereocenters. The Morgan fingerprint density at radius 3 is 2.89 bits per heavy atom. The van der Waals surface area contributed by atoms with Gasteiger partial charge < -0.3 is 15.1 Å². The number of non-ortho nitro benzene ring substituents is 1. The van der Waals surface area contributed by atoms with Crippen molar-refractivity contribution in [3.05, 3.63) is 58.5 Å². The largest absolute Gasteiger partial charge is 0.467 e. The number of rotatable bonds is 4. The fourth-order valence-electron chi connectivity index (χ4n) is 1.45. The van der Waals surface area contributed by atoms with Crippen LogP contribution in [0, 0.1) is 10.1 Å². The fourth-order valence-corrected chi connectivity index (χ4v) is 1.64. The lowest BCUT2D eigenvalue weighted by molar-refractivity contribution is -0.384. The Kier molecular flexibility index (Phi) is 4.09. The monoisotopic (exact) mass is 277 g/mol. The molecule has 0 spiro atoms. The second-order valence-electron chi connectivity index (χ2n) is 3.69. The molecule has 0 aliphatic carbocycles. The third kappa shape index (κ3) is 3.78. The van der Waals surface area contributed by atoms with Crippen LogP contribution in [-0.2, 0) is 6.54 Å². The zero-order chi connectivity index (χ0) is 13.7. The number of nitro groups is 1. The van der Waals surface area contributed by atoms with Crippen molar-refractivity contribution < 1.29 is 9.34 Å². The minimum absolute atomic E-state index is 0.0128. The highest BCUT2D eigenvalue weighted by molar-refractivity contribution is 7.80. The molecule has 98 valence electrons. The summed E-state index contributed by atoms with van der Waals surface area (Å²) in [6, 6.07) is 9.74. The minimum atomic E-state index is -0.454. The Morgan fingerprint density at radius 2 is 2.21 bits per heavy atom. The van der Waals surface area contributed by atoms with E-state index in [2.05, 4.69) is 10.6 Å². The van der Waals surface area contributed by atoms with Gasteiger partial charge in [-0.15, -0.1) is 0 Å². The summed E-state index contributed by atoms with van der Waals surface area (Å²) in [4.78, 5) is 10.2. The molecule has 0 aliphatic rings. The van der Waals surface area contributed by atoms with Crippen LogP contribution in [-0.4, -0.2) is 10.0 Å². The van der Waals surface area contributed by atoms with Gasteiger partial charge in [0.25, 0.3) is 5.69 Å². The Balaban J connectivity index is 1.91. The van der Waals surface area contributed by atoms with Gasteiger partial charge in [-0.25, -0.2) is 0 Å². The van der Waals surface area contributed by atoms with Crippen LogP contribution in [0.2, 0.25) is 0 Å². The van der Waals surface area contributed by atoms with E-state index in [0.717, 1.165) is 5.76 Å². The normalized spacial score (nSPS) is 9.89. The third-order valence-corrected chi connectivity index (χ3v) is 2.56. The summed E-state index contributed by atoms with van der Waals surface area (Å²) in [5, 5.41) is 16.8. The highest BCUT2D eigenvalue weighted by Crippen LogP contribution is 2.16. The van der Waals surface area contributed by atoms with Crippen molar-refractivity contribution in [1.82, 2.24) is 5.32 Å². The Morgan fingerprint density at radius 1 is 1.37 bits per heavy atom. The van der Waals surface area contributed by atoms with E-state index in [0.29, 0.717) is 17.3 Å². The molecule has 6 nitrogen and oxygen atoms in total. The van der Waals surface area contributed by atoms with Crippen LogP contribution in [0.5, 0.6) is 0 Å². The molecule has 0 amide bonds. The average molecular weight is 277 g/mol. The van der Waals surface area contributed by atoms with Gasteiger partial charge in [-0.1, -0.05) is 6.07 Å². The summed E-state index contributed by atoms with van der Waals surface area (Å²) in [5.74, 6) is 0.753. The zero-order valence-electron chi connectivity index (χ0n) is 9.83. The van der Waals surface area contributed by atoms with Crippen LogP contribution < -0.4 is 10.6 Å². The number of furan rings is 1. The summed E-state index contributed by atoms with van der Waals surface area (Å²) in [6.45, 7) is 0.452. The molecule has 0 unspecified atom stereocenters. The van der Waals surface area contributed by atoms with Gasteiger partial charge in [0.1, 0.15) is 5.76 Å². The molecule has 1 aromatic heterocycles. The SMILES string of the molecule is O=[N+]([O-])c1cccc(NC(=S)NCc2ccco2)c1. The number of anilines is 1. The molecule has 0 bridgehead atoms. The summed E-state index contributed by atoms with van der Waals surface area (Å²) < 4.78 is 5.15. The smallest absolute Gasteiger partial charge is 0.271 e. The zero-order valence-corrected chi connectivity index (χ0v) is 10.6. The molecular formula is C12H11N3O3S. The number of nitrogens with zero attached hydrogens (tertiary/aromatic N) is 1. The summed E-state index contributed by atoms with van der Waals surface area (Å²) in [5.41, 5.74) is 0.574. The topological polar surface area (TPSA) is 80.3 Å². The predicted octanol–water partition coefficient (Wildman–Crippen LogP) is 2.67. The quantitative estimate of drug-likeness (QED) is 0.508. The standard InChI is InChI=1S/C12H11N3O3S/c16-15(17)10-4-1-3-9(7-10)14-12(19)13-8-11-5-2-6-18-11/h1-7H,8H2,(H2,13,14,19). The van der Waals surface area contributed by atoms with Crippen molar-refractivity contribution in [3.8, 4) is 0 Å². The number of hydrogen-bond acceptors (Lipinski definition) is 4. The first-order valence-electron chi connectivity index (χ1n) is 5.47. The van der Waals surface area contributed by atoms with Crippen LogP contribution in [0.4, 0.5) is 11.4 Å². The van der Waals surface area contributed by atoms with Crippen LogP contribution in [0.25, 0.3) is 0 Å². The van der Waals surface area contributed by atoms with Crippen molar-refractivity contribution in [1.29, 1.82) is 0 Å². The van der Waals surface area contributed by atoms with Gasteiger partial charge in [-0.2, -0.15) is 0 Å². The first kappa shape index (κ1) is 13.0. The van der Waals surface area contributed by atoms with Crippen molar-refractivity contribution in [2.45, 2.75) is 6.54 Å². The second-order valence-corrected chi connectivity index (χ2v) is 4.10. The third-order valence-electron chi connectivity index (χ3n) is 2.32. The van der Waals surface area contributed by atoms with Crippen molar-refractivity contribution in [2.75, 3.05) is 5.32 Å². The fraction of sp³-hybridized carbons (Fsp3) is 0.0833. The number of hydrogen-bond donors (Lipinski definition) is 2. The number of benzene rings is 1. The summed E-state index contributed by atoms with van der Waals surface area (Å²) >= 11 is 5.08. The Bertz CT molecular complexity index is 584. The second kappa shape index (κ2) is 5.96. The molecular weight excluding hydrogens is 266 g/mol. The van der Waals surface area contributed by atoms with Crippen LogP contribution in [0.3, 0.4) is 0 Å². The van der Waals surface area contributed by atoms with E-state index in [-0.39, 0.29) is 5.69 Å². The molecule has 2 rings (SSSR count). The van der Waals surface area contributed by atoms with Gasteiger partial charge in [-0.05, 0) is 30.4 Å². The lowest BCUT2D eigenvalue weighted by Crippen LogP contribution is -2.27. The van der Waals surface area contributed by atoms with E-state index in [1.807, 2.05) is 6.07 Å². The molecule has 2 N–H and O–H groups in total. The van der Waals surface area contributed by atoms with Gasteiger partial charge in [0.15, 0.2) is 5.11 Å². The Labute approximate surface area is 114 Å². The number of nitrogens with one attached hydrogen (secondary N) is 2. The molecule has 0 aliphatic heterocycles. The van der Waals surface area contributed by atoms with Crippen molar-refractivity contribution in [3.63, 3.8) is 0 Å². The van der Waals surface area contributed by atoms with Crippen molar-refractivity contribution >= 4 is 28.7 Å². The van der Waals surface area contributed by atoms with Gasteiger partial charge in [-0.3, -0.25) is 10.1 Å². The van der Waals surface area contributed by atoms with Crippen LogP contribution in [0.15, 0.2) is 47.1 Å². The van der Waals surface area contributed by atoms with E-state index >= 15 is 0 Å². The van der Waals surface area contributed by atoms with Crippen molar-refractivity contribution in [2.24, 2.45) is 0 Å². The maximum Gasteiger partial charge on any atom is 0.271 e. The van der Waals surface area contributed by atoms with E-state index in [1.54, 1.807) is 24.5 Å². The van der Waals surface area contributed by atoms with Gasteiger partial charge in [0.05, 0.1) is 17.7 Å². The molecule has 0 saturated heterocycles. The molecule has 7 heteroatoms. The van der Waals surface area contributed by atoms with Gasteiger partial charge in [0.2, 0.25) is 0 Å². The molecule has 1 aromatic carbocycles. The van der Waals surface area contributed by atoms with Crippen LogP contribution in [0.1, 0.15) is 5.76 Å². The predicted molar refractivity (Wildman–Crippen MR) is 74.9 cm³/mol. The maximum atomic E-state index is 10.6. The highest BCUT2D eigenvalue weighted by atomic mass is 32.1.